The summed E-state index contributed by atoms with van der Waals surface area (Å²) >= 11 is 1.54. The van der Waals surface area contributed by atoms with Crippen molar-refractivity contribution in [1.82, 2.24) is 10.7 Å². The highest BCUT2D eigenvalue weighted by Crippen LogP contribution is 2.26. The molecule has 0 aliphatic rings. The quantitative estimate of drug-likeness (QED) is 0.420. The molecule has 2 heterocycles. The van der Waals surface area contributed by atoms with Crippen molar-refractivity contribution in [3.05, 3.63) is 71.5 Å². The number of carbonyl (C=O) groups is 2. The van der Waals surface area contributed by atoms with E-state index < -0.39 is 11.8 Å². The van der Waals surface area contributed by atoms with Gasteiger partial charge in [0, 0.05) is 9.75 Å². The normalized spacial score (nSPS) is 10.7. The lowest BCUT2D eigenvalue weighted by Crippen LogP contribution is -2.37. The van der Waals surface area contributed by atoms with Gasteiger partial charge in [-0.2, -0.15) is 5.10 Å². The van der Waals surface area contributed by atoms with Crippen molar-refractivity contribution in [3.8, 4) is 10.4 Å². The maximum atomic E-state index is 11.7. The van der Waals surface area contributed by atoms with E-state index in [1.54, 1.807) is 23.5 Å². The van der Waals surface area contributed by atoms with Crippen LogP contribution in [-0.2, 0) is 16.1 Å². The van der Waals surface area contributed by atoms with Gasteiger partial charge >= 0.3 is 11.8 Å². The zero-order valence-corrected chi connectivity index (χ0v) is 14.0. The SMILES string of the molecule is O=C(NCc1ccco1)C(=O)N/N=C\c1ccc(-c2ccccc2)s1. The minimum Gasteiger partial charge on any atom is -0.467 e. The summed E-state index contributed by atoms with van der Waals surface area (Å²) in [6.07, 6.45) is 3.01. The molecule has 126 valence electrons. The van der Waals surface area contributed by atoms with Crippen LogP contribution in [0.2, 0.25) is 0 Å². The van der Waals surface area contributed by atoms with Crippen molar-refractivity contribution < 1.29 is 14.0 Å². The Labute approximate surface area is 148 Å². The van der Waals surface area contributed by atoms with Crippen molar-refractivity contribution >= 4 is 29.4 Å². The number of rotatable bonds is 5. The molecule has 25 heavy (non-hydrogen) atoms. The number of benzene rings is 1. The second kappa shape index (κ2) is 8.07. The van der Waals surface area contributed by atoms with E-state index >= 15 is 0 Å². The number of furan rings is 1. The lowest BCUT2D eigenvalue weighted by molar-refractivity contribution is -0.139. The molecule has 0 saturated carbocycles. The summed E-state index contributed by atoms with van der Waals surface area (Å²) in [5.41, 5.74) is 3.32. The van der Waals surface area contributed by atoms with Crippen LogP contribution in [0.3, 0.4) is 0 Å². The predicted molar refractivity (Wildman–Crippen MR) is 96.0 cm³/mol. The van der Waals surface area contributed by atoms with Gasteiger partial charge in [-0.05, 0) is 29.8 Å². The lowest BCUT2D eigenvalue weighted by atomic mass is 10.2. The molecule has 1 aromatic carbocycles. The second-order valence-electron chi connectivity index (χ2n) is 5.03. The van der Waals surface area contributed by atoms with Gasteiger partial charge in [0.05, 0.1) is 19.0 Å². The predicted octanol–water partition coefficient (Wildman–Crippen LogP) is 2.77. The molecule has 7 heteroatoms. The van der Waals surface area contributed by atoms with Gasteiger partial charge in [0.2, 0.25) is 0 Å². The van der Waals surface area contributed by atoms with Crippen LogP contribution in [0.25, 0.3) is 10.4 Å². The monoisotopic (exact) mass is 353 g/mol. The fourth-order valence-electron chi connectivity index (χ4n) is 2.05. The van der Waals surface area contributed by atoms with Crippen LogP contribution in [0.1, 0.15) is 10.6 Å². The molecule has 3 aromatic rings. The van der Waals surface area contributed by atoms with Gasteiger partial charge in [0.25, 0.3) is 0 Å². The van der Waals surface area contributed by atoms with Crippen LogP contribution in [0.4, 0.5) is 0 Å². The number of amides is 2. The first kappa shape index (κ1) is 16.7. The van der Waals surface area contributed by atoms with Gasteiger partial charge in [0.15, 0.2) is 0 Å². The molecule has 2 aromatic heterocycles. The van der Waals surface area contributed by atoms with Gasteiger partial charge in [-0.15, -0.1) is 11.3 Å². The molecular formula is C18H15N3O3S. The fourth-order valence-corrected chi connectivity index (χ4v) is 2.93. The molecule has 0 unspecified atom stereocenters. The average Bonchev–Trinajstić information content (AvgIpc) is 3.32. The summed E-state index contributed by atoms with van der Waals surface area (Å²) in [5.74, 6) is -1.04. The van der Waals surface area contributed by atoms with Crippen molar-refractivity contribution in [2.75, 3.05) is 0 Å². The Morgan fingerprint density at radius 1 is 1.04 bits per heavy atom. The maximum Gasteiger partial charge on any atom is 0.329 e. The Morgan fingerprint density at radius 2 is 1.88 bits per heavy atom. The molecule has 0 saturated heterocycles. The lowest BCUT2D eigenvalue weighted by Gasteiger charge is -2.01. The fraction of sp³-hybridized carbons (Fsp3) is 0.0556. The topological polar surface area (TPSA) is 83.7 Å². The highest BCUT2D eigenvalue weighted by atomic mass is 32.1. The summed E-state index contributed by atoms with van der Waals surface area (Å²) < 4.78 is 5.07. The molecule has 6 nitrogen and oxygen atoms in total. The Morgan fingerprint density at radius 3 is 2.64 bits per heavy atom. The molecule has 0 fully saturated rings. The van der Waals surface area contributed by atoms with Crippen LogP contribution in [0, 0.1) is 0 Å². The number of nitrogens with one attached hydrogen (secondary N) is 2. The molecular weight excluding hydrogens is 338 g/mol. The Bertz CT molecular complexity index is 870. The second-order valence-corrected chi connectivity index (χ2v) is 6.14. The largest absolute Gasteiger partial charge is 0.467 e. The van der Waals surface area contributed by atoms with E-state index in [0.717, 1.165) is 15.3 Å². The third-order valence-electron chi connectivity index (χ3n) is 3.25. The third kappa shape index (κ3) is 4.65. The van der Waals surface area contributed by atoms with Crippen LogP contribution >= 0.6 is 11.3 Å². The van der Waals surface area contributed by atoms with Crippen molar-refractivity contribution in [1.29, 1.82) is 0 Å². The first-order chi connectivity index (χ1) is 12.2. The van der Waals surface area contributed by atoms with E-state index in [1.807, 2.05) is 42.5 Å². The zero-order chi connectivity index (χ0) is 17.5. The molecule has 0 spiro atoms. The molecule has 0 aliphatic heterocycles. The van der Waals surface area contributed by atoms with Crippen molar-refractivity contribution in [2.24, 2.45) is 5.10 Å². The number of thiophene rings is 1. The van der Waals surface area contributed by atoms with E-state index in [4.69, 9.17) is 4.42 Å². The summed E-state index contributed by atoms with van der Waals surface area (Å²) in [4.78, 5) is 25.3. The zero-order valence-electron chi connectivity index (χ0n) is 13.1. The molecule has 2 N–H and O–H groups in total. The van der Waals surface area contributed by atoms with E-state index in [2.05, 4.69) is 15.8 Å². The molecule has 0 radical (unpaired) electrons. The highest BCUT2D eigenvalue weighted by Gasteiger charge is 2.12. The van der Waals surface area contributed by atoms with E-state index in [-0.39, 0.29) is 6.54 Å². The summed E-state index contributed by atoms with van der Waals surface area (Å²) in [7, 11) is 0. The smallest absolute Gasteiger partial charge is 0.329 e. The Balaban J connectivity index is 1.50. The van der Waals surface area contributed by atoms with Gasteiger partial charge < -0.3 is 9.73 Å². The minimum atomic E-state index is -0.831. The van der Waals surface area contributed by atoms with E-state index in [9.17, 15) is 9.59 Å². The summed E-state index contributed by atoms with van der Waals surface area (Å²) in [5, 5.41) is 6.26. The van der Waals surface area contributed by atoms with Crippen LogP contribution in [-0.4, -0.2) is 18.0 Å². The minimum absolute atomic E-state index is 0.147. The molecule has 0 atom stereocenters. The van der Waals surface area contributed by atoms with Crippen molar-refractivity contribution in [2.45, 2.75) is 6.54 Å². The van der Waals surface area contributed by atoms with Gasteiger partial charge in [-0.25, -0.2) is 5.43 Å². The van der Waals surface area contributed by atoms with E-state index in [0.29, 0.717) is 5.76 Å². The number of hydrogen-bond donors (Lipinski definition) is 2. The van der Waals surface area contributed by atoms with Gasteiger partial charge in [0.1, 0.15) is 5.76 Å². The first-order valence-electron chi connectivity index (χ1n) is 7.51. The van der Waals surface area contributed by atoms with Crippen LogP contribution in [0.15, 0.2) is 70.4 Å². The number of carbonyl (C=O) groups excluding carboxylic acids is 2. The molecule has 2 amide bonds. The Hall–Kier alpha value is -3.19. The molecule has 0 aliphatic carbocycles. The van der Waals surface area contributed by atoms with Crippen LogP contribution < -0.4 is 10.7 Å². The van der Waals surface area contributed by atoms with Gasteiger partial charge in [-0.1, -0.05) is 30.3 Å². The summed E-state index contributed by atoms with van der Waals surface area (Å²) in [6, 6.07) is 17.3. The number of nitrogens with zero attached hydrogens (tertiary/aromatic N) is 1. The van der Waals surface area contributed by atoms with Crippen LogP contribution in [0.5, 0.6) is 0 Å². The Kier molecular flexibility index (Phi) is 5.38. The molecule has 0 bridgehead atoms. The average molecular weight is 353 g/mol. The third-order valence-corrected chi connectivity index (χ3v) is 4.32. The van der Waals surface area contributed by atoms with E-state index in [1.165, 1.54) is 12.5 Å². The highest BCUT2D eigenvalue weighted by molar-refractivity contribution is 7.17. The standard InChI is InChI=1S/C18H15N3O3S/c22-17(19-11-14-7-4-10-24-14)18(23)21-20-12-15-8-9-16(25-15)13-5-2-1-3-6-13/h1-10,12H,11H2,(H,19,22)(H,21,23)/b20-12-. The van der Waals surface area contributed by atoms with Gasteiger partial charge in [-0.3, -0.25) is 9.59 Å². The maximum absolute atomic E-state index is 11.7. The van der Waals surface area contributed by atoms with Crippen molar-refractivity contribution in [3.63, 3.8) is 0 Å². The summed E-state index contributed by atoms with van der Waals surface area (Å²) in [6.45, 7) is 0.147. The number of hydrogen-bond acceptors (Lipinski definition) is 5. The first-order valence-corrected chi connectivity index (χ1v) is 8.33. The molecule has 3 rings (SSSR count). The number of hydrazone groups is 1.